The molecule has 0 amide bonds. The van der Waals surface area contributed by atoms with Gasteiger partial charge in [0.2, 0.25) is 0 Å². The molecule has 0 spiro atoms. The minimum Gasteiger partial charge on any atom is -1.00 e. The fourth-order valence-corrected chi connectivity index (χ4v) is 31.8. The van der Waals surface area contributed by atoms with Gasteiger partial charge in [0.15, 0.2) is 0 Å². The molecule has 0 aliphatic heterocycles. The Balaban J connectivity index is -0.000000131. The van der Waals surface area contributed by atoms with E-state index in [0.717, 1.165) is 0 Å². The molecule has 738 valence electrons. The minimum atomic E-state index is 0. The summed E-state index contributed by atoms with van der Waals surface area (Å²) in [6.07, 6.45) is 133. The molecule has 0 saturated carbocycles. The first-order chi connectivity index (χ1) is 57.1. The summed E-state index contributed by atoms with van der Waals surface area (Å²) in [5.74, 6) is 0. The van der Waals surface area contributed by atoms with Gasteiger partial charge in [-0.05, 0) is 226 Å². The zero-order valence-electron chi connectivity index (χ0n) is 86.9. The summed E-state index contributed by atoms with van der Waals surface area (Å²) < 4.78 is 0. The molecule has 0 heterocycles. The van der Waals surface area contributed by atoms with Gasteiger partial charge in [0.25, 0.3) is 0 Å². The summed E-state index contributed by atoms with van der Waals surface area (Å²) in [6, 6.07) is 0. The zero-order chi connectivity index (χ0) is 87.1. The molecule has 0 aromatic carbocycles. The van der Waals surface area contributed by atoms with Crippen LogP contribution in [0.1, 0.15) is 587 Å². The molecular formula is C109H236Cl3OP6Rh. The maximum Gasteiger partial charge on any atom is 3.00 e. The van der Waals surface area contributed by atoms with Crippen molar-refractivity contribution in [2.24, 2.45) is 0 Å². The predicted octanol–water partition coefficient (Wildman–Crippen LogP) is 34.1. The van der Waals surface area contributed by atoms with Gasteiger partial charge in [-0.15, -0.1) is 47.5 Å². The van der Waals surface area contributed by atoms with E-state index in [0.29, 0.717) is 47.5 Å². The third kappa shape index (κ3) is 142. The van der Waals surface area contributed by atoms with E-state index in [2.05, 4.69) is 125 Å². The van der Waals surface area contributed by atoms with Crippen LogP contribution >= 0.6 is 47.5 Å². The molecule has 0 atom stereocenters. The second kappa shape index (κ2) is 146. The maximum absolute atomic E-state index is 8.00. The first kappa shape index (κ1) is 147. The van der Waals surface area contributed by atoms with Crippen molar-refractivity contribution in [1.29, 1.82) is 0 Å². The smallest absolute Gasteiger partial charge is 1.00 e. The fourth-order valence-electron chi connectivity index (χ4n) is 15.7. The van der Waals surface area contributed by atoms with Gasteiger partial charge in [-0.25, -0.2) is 0 Å². The first-order valence-electron chi connectivity index (χ1n) is 54.7. The van der Waals surface area contributed by atoms with Crippen LogP contribution in [-0.4, -0.2) is 118 Å². The summed E-state index contributed by atoms with van der Waals surface area (Å²) in [5, 5.41) is 0. The van der Waals surface area contributed by atoms with Gasteiger partial charge in [0, 0.05) is 0 Å². The van der Waals surface area contributed by atoms with Gasteiger partial charge < -0.3 is 42.0 Å². The second-order valence-corrected chi connectivity index (χ2v) is 52.2. The average Bonchev–Trinajstić information content (AvgIpc) is 1.04. The minimum absolute atomic E-state index is 0. The van der Waals surface area contributed by atoms with Gasteiger partial charge in [0.05, 0.1) is 0 Å². The van der Waals surface area contributed by atoms with Gasteiger partial charge in [-0.3, -0.25) is 0 Å². The Kier molecular flexibility index (Phi) is 178. The van der Waals surface area contributed by atoms with E-state index in [9.17, 15) is 0 Å². The monoisotopic (exact) mass is 1960 g/mol. The van der Waals surface area contributed by atoms with Gasteiger partial charge in [-0.1, -0.05) is 471 Å². The summed E-state index contributed by atoms with van der Waals surface area (Å²) in [4.78, 5) is 8.00. The Morgan fingerprint density at radius 2 is 0.158 bits per heavy atom. The van der Waals surface area contributed by atoms with Crippen molar-refractivity contribution in [3.05, 3.63) is 0 Å². The van der Waals surface area contributed by atoms with Crippen LogP contribution in [0.15, 0.2) is 0 Å². The third-order valence-corrected chi connectivity index (χ3v) is 41.0. The molecule has 0 saturated heterocycles. The molecule has 0 radical (unpaired) electrons. The van der Waals surface area contributed by atoms with Gasteiger partial charge >= 0.3 is 19.5 Å². The van der Waals surface area contributed by atoms with Crippen molar-refractivity contribution in [1.82, 2.24) is 0 Å². The normalized spacial score (nSPS) is 10.8. The maximum atomic E-state index is 8.00. The molecular weight excluding hydrogens is 1720 g/mol. The summed E-state index contributed by atoms with van der Waals surface area (Å²) >= 11 is 0. The van der Waals surface area contributed by atoms with Crippen molar-refractivity contribution in [3.8, 4) is 0 Å². The van der Waals surface area contributed by atoms with Crippen LogP contribution in [0, 0.1) is 0 Å². The van der Waals surface area contributed by atoms with E-state index >= 15 is 0 Å². The number of halogens is 3. The Hall–Kier alpha value is 3.74. The topological polar surface area (TPSA) is 17.1 Å². The molecule has 0 bridgehead atoms. The number of hydrogen-bond donors (Lipinski definition) is 0. The van der Waals surface area contributed by atoms with Gasteiger partial charge in [-0.2, -0.15) is 0 Å². The molecule has 1 nitrogen and oxygen atoms in total. The van der Waals surface area contributed by atoms with E-state index in [4.69, 9.17) is 4.79 Å². The van der Waals surface area contributed by atoms with Crippen molar-refractivity contribution >= 4 is 54.3 Å². The molecule has 0 aliphatic rings. The standard InChI is InChI=1S/6C18H39P.CH2O.3ClH.Rh/c6*1-4-7-10-13-16-19(17-14-11-8-5-2)18-15-12-9-6-3;1-2;;;;/h6*4-18H2,1-3H3;1H2;3*1H;/q;;;;;;;;;;+3/p-3. The summed E-state index contributed by atoms with van der Waals surface area (Å²) in [6.45, 7) is 43.7. The zero-order valence-corrected chi connectivity index (χ0v) is 96.2. The van der Waals surface area contributed by atoms with Gasteiger partial charge in [0.1, 0.15) is 6.79 Å². The Morgan fingerprint density at radius 1 is 0.108 bits per heavy atom. The predicted molar refractivity (Wildman–Crippen MR) is 571 cm³/mol. The first-order valence-corrected chi connectivity index (χ1v) is 66.1. The van der Waals surface area contributed by atoms with Crippen LogP contribution in [0.3, 0.4) is 0 Å². The molecule has 0 aromatic rings. The molecule has 0 fully saturated rings. The molecule has 120 heavy (non-hydrogen) atoms. The van der Waals surface area contributed by atoms with E-state index in [-0.39, 0.29) is 56.7 Å². The Morgan fingerprint density at radius 3 is 0.200 bits per heavy atom. The fraction of sp³-hybridized carbons (Fsp3) is 0.991. The van der Waals surface area contributed by atoms with Crippen LogP contribution in [-0.2, 0) is 24.3 Å². The van der Waals surface area contributed by atoms with Crippen LogP contribution in [0.5, 0.6) is 0 Å². The van der Waals surface area contributed by atoms with Crippen LogP contribution in [0.2, 0.25) is 0 Å². The molecule has 0 unspecified atom stereocenters. The van der Waals surface area contributed by atoms with Crippen molar-refractivity contribution in [2.75, 3.05) is 111 Å². The number of rotatable bonds is 90. The third-order valence-electron chi connectivity index (χ3n) is 23.9. The SMILES string of the molecule is C=O.CCCCCCP(CCCCCC)CCCCCC.CCCCCCP(CCCCCC)CCCCCC.CCCCCCP(CCCCCC)CCCCCC.CCCCCCP(CCCCCC)CCCCCC.CCCCCCP(CCCCCC)CCCCCC.CCCCCCP(CCCCCC)CCCCCC.[Cl-].[Cl-].[Cl-].[Rh+3]. The quantitative estimate of drug-likeness (QED) is 0.0337. The molecule has 0 rings (SSSR count). The second-order valence-electron chi connectivity index (χ2n) is 36.1. The van der Waals surface area contributed by atoms with E-state index in [1.807, 2.05) is 6.79 Å². The largest absolute Gasteiger partial charge is 3.00 e. The summed E-state index contributed by atoms with van der Waals surface area (Å²) in [5.41, 5.74) is 0. The van der Waals surface area contributed by atoms with Crippen LogP contribution < -0.4 is 37.2 Å². The van der Waals surface area contributed by atoms with Crippen LogP contribution in [0.25, 0.3) is 0 Å². The Labute approximate surface area is 807 Å². The van der Waals surface area contributed by atoms with Crippen LogP contribution in [0.4, 0.5) is 0 Å². The van der Waals surface area contributed by atoms with Crippen molar-refractivity contribution in [3.63, 3.8) is 0 Å². The molecule has 11 heteroatoms. The number of unbranched alkanes of at least 4 members (excludes halogenated alkanes) is 54. The molecule has 0 aliphatic carbocycles. The summed E-state index contributed by atoms with van der Waals surface area (Å²) in [7, 11) is 2.34. The number of carbonyl (C=O) groups excluding carboxylic acids is 1. The molecule has 0 aromatic heterocycles. The van der Waals surface area contributed by atoms with E-state index in [1.54, 1.807) is 111 Å². The average molecular weight is 1960 g/mol. The van der Waals surface area contributed by atoms with Crippen molar-refractivity contribution < 1.29 is 61.5 Å². The Bertz CT molecular complexity index is 1100. The van der Waals surface area contributed by atoms with Crippen molar-refractivity contribution in [2.45, 2.75) is 587 Å². The van der Waals surface area contributed by atoms with E-state index < -0.39 is 0 Å². The number of hydrogen-bond acceptors (Lipinski definition) is 1. The molecule has 0 N–H and O–H groups in total. The van der Waals surface area contributed by atoms with E-state index in [1.165, 1.54) is 462 Å². The number of carbonyl (C=O) groups is 1.